The quantitative estimate of drug-likeness (QED) is 0.183. The Balaban J connectivity index is 1.24. The molecule has 0 fully saturated rings. The van der Waals surface area contributed by atoms with E-state index in [4.69, 9.17) is 14.4 Å². The van der Waals surface area contributed by atoms with Crippen molar-refractivity contribution < 1.29 is 4.42 Å². The minimum atomic E-state index is 0.631. The van der Waals surface area contributed by atoms with Crippen LogP contribution in [0, 0.1) is 0 Å². The Hall–Kier alpha value is -6.58. The van der Waals surface area contributed by atoms with E-state index in [1.807, 2.05) is 48.5 Å². The maximum atomic E-state index is 6.73. The number of fused-ring (bicyclic) bond motifs is 9. The molecule has 0 bridgehead atoms. The lowest BCUT2D eigenvalue weighted by atomic mass is 9.90. The van der Waals surface area contributed by atoms with Crippen LogP contribution in [-0.2, 0) is 0 Å². The normalized spacial score (nSPS) is 11.7. The molecule has 3 nitrogen and oxygen atoms in total. The zero-order chi connectivity index (χ0) is 32.3. The number of rotatable bonds is 4. The van der Waals surface area contributed by atoms with E-state index in [1.54, 1.807) is 0 Å². The molecule has 49 heavy (non-hydrogen) atoms. The van der Waals surface area contributed by atoms with Crippen molar-refractivity contribution in [1.82, 2.24) is 9.97 Å². The van der Waals surface area contributed by atoms with Gasteiger partial charge in [-0.3, -0.25) is 0 Å². The van der Waals surface area contributed by atoms with Crippen LogP contribution in [0.15, 0.2) is 174 Å². The maximum Gasteiger partial charge on any atom is 0.164 e. The van der Waals surface area contributed by atoms with Gasteiger partial charge in [-0.25, -0.2) is 9.97 Å². The average molecular weight is 625 g/mol. The molecule has 228 valence electrons. The number of hydrogen-bond acceptors (Lipinski definition) is 3. The van der Waals surface area contributed by atoms with Gasteiger partial charge in [0, 0.05) is 21.9 Å². The molecule has 0 aliphatic heterocycles. The van der Waals surface area contributed by atoms with Crippen LogP contribution in [0.1, 0.15) is 0 Å². The molecule has 0 atom stereocenters. The summed E-state index contributed by atoms with van der Waals surface area (Å²) in [4.78, 5) is 10.3. The summed E-state index contributed by atoms with van der Waals surface area (Å²) in [5.74, 6) is 0.631. The number of furan rings is 1. The van der Waals surface area contributed by atoms with Gasteiger partial charge in [0.1, 0.15) is 11.2 Å². The van der Waals surface area contributed by atoms with Crippen molar-refractivity contribution in [1.29, 1.82) is 0 Å². The number of nitrogens with zero attached hydrogens (tertiary/aromatic N) is 2. The van der Waals surface area contributed by atoms with E-state index in [2.05, 4.69) is 121 Å². The lowest BCUT2D eigenvalue weighted by Gasteiger charge is -2.13. The van der Waals surface area contributed by atoms with Gasteiger partial charge in [-0.15, -0.1) is 0 Å². The Labute approximate surface area is 282 Å². The molecule has 0 N–H and O–H groups in total. The molecular weight excluding hydrogens is 597 g/mol. The van der Waals surface area contributed by atoms with Crippen LogP contribution in [0.3, 0.4) is 0 Å². The lowest BCUT2D eigenvalue weighted by molar-refractivity contribution is 0.669. The molecular formula is C46H28N2O. The summed E-state index contributed by atoms with van der Waals surface area (Å²) >= 11 is 0. The topological polar surface area (TPSA) is 38.9 Å². The van der Waals surface area contributed by atoms with Crippen molar-refractivity contribution in [2.75, 3.05) is 0 Å². The molecule has 10 aromatic rings. The third-order valence-corrected chi connectivity index (χ3v) is 9.69. The van der Waals surface area contributed by atoms with Crippen molar-refractivity contribution >= 4 is 54.3 Å². The predicted octanol–water partition coefficient (Wildman–Crippen LogP) is 12.5. The van der Waals surface area contributed by atoms with Crippen LogP contribution >= 0.6 is 0 Å². The van der Waals surface area contributed by atoms with Crippen molar-refractivity contribution in [3.63, 3.8) is 0 Å². The minimum Gasteiger partial charge on any atom is -0.455 e. The molecule has 2 heterocycles. The van der Waals surface area contributed by atoms with Gasteiger partial charge < -0.3 is 4.42 Å². The van der Waals surface area contributed by atoms with Crippen LogP contribution in [-0.4, -0.2) is 9.97 Å². The molecule has 0 amide bonds. The van der Waals surface area contributed by atoms with E-state index in [1.165, 1.54) is 32.3 Å². The fraction of sp³-hybridized carbons (Fsp3) is 0. The third kappa shape index (κ3) is 4.44. The Morgan fingerprint density at radius 2 is 0.837 bits per heavy atom. The largest absolute Gasteiger partial charge is 0.455 e. The smallest absolute Gasteiger partial charge is 0.164 e. The summed E-state index contributed by atoms with van der Waals surface area (Å²) in [5.41, 5.74) is 8.55. The van der Waals surface area contributed by atoms with Gasteiger partial charge in [-0.2, -0.15) is 0 Å². The predicted molar refractivity (Wildman–Crippen MR) is 204 cm³/mol. The molecule has 2 aromatic heterocycles. The first-order valence-electron chi connectivity index (χ1n) is 16.6. The first kappa shape index (κ1) is 27.5. The van der Waals surface area contributed by atoms with E-state index in [0.29, 0.717) is 5.82 Å². The van der Waals surface area contributed by atoms with Crippen LogP contribution < -0.4 is 0 Å². The summed E-state index contributed by atoms with van der Waals surface area (Å²) in [6.45, 7) is 0. The second-order valence-electron chi connectivity index (χ2n) is 12.5. The van der Waals surface area contributed by atoms with Crippen LogP contribution in [0.4, 0.5) is 0 Å². The molecule has 8 aromatic carbocycles. The standard InChI is InChI=1S/C46H28N2O/c1-3-13-29(14-4-1)41-28-42(30-15-5-2-6-16-30)48-46(47-41)39-26-25-32(44-38-21-11-12-22-43(38)49-45(39)44)31-23-24-37-35-19-8-7-17-33(35)34-18-9-10-20-36(34)40(37)27-31/h1-28H. The number of aromatic nitrogens is 2. The number of hydrogen-bond donors (Lipinski definition) is 0. The van der Waals surface area contributed by atoms with E-state index in [-0.39, 0.29) is 0 Å². The first-order valence-corrected chi connectivity index (χ1v) is 16.6. The van der Waals surface area contributed by atoms with E-state index < -0.39 is 0 Å². The molecule has 0 saturated heterocycles. The molecule has 0 spiro atoms. The monoisotopic (exact) mass is 624 g/mol. The van der Waals surface area contributed by atoms with E-state index in [9.17, 15) is 0 Å². The molecule has 3 heteroatoms. The maximum absolute atomic E-state index is 6.73. The SMILES string of the molecule is c1ccc(-c2cc(-c3ccccc3)nc(-c3ccc(-c4ccc5c6ccccc6c6ccccc6c5c4)c4c3oc3ccccc34)n2)cc1. The van der Waals surface area contributed by atoms with Crippen molar-refractivity contribution in [2.24, 2.45) is 0 Å². The van der Waals surface area contributed by atoms with Crippen LogP contribution in [0.2, 0.25) is 0 Å². The highest BCUT2D eigenvalue weighted by Crippen LogP contribution is 2.43. The fourth-order valence-electron chi connectivity index (χ4n) is 7.40. The Kier molecular flexibility index (Phi) is 6.18. The summed E-state index contributed by atoms with van der Waals surface area (Å²) in [7, 11) is 0. The molecule has 0 radical (unpaired) electrons. The summed E-state index contributed by atoms with van der Waals surface area (Å²) in [6.07, 6.45) is 0. The van der Waals surface area contributed by atoms with Crippen LogP contribution in [0.25, 0.3) is 99.3 Å². The molecule has 0 aliphatic rings. The third-order valence-electron chi connectivity index (χ3n) is 9.69. The number of para-hydroxylation sites is 1. The second-order valence-corrected chi connectivity index (χ2v) is 12.5. The Morgan fingerprint density at radius 3 is 1.45 bits per heavy atom. The Bertz CT molecular complexity index is 2780. The van der Waals surface area contributed by atoms with Gasteiger partial charge in [-0.1, -0.05) is 146 Å². The minimum absolute atomic E-state index is 0.631. The summed E-state index contributed by atoms with van der Waals surface area (Å²) in [5, 5.41) is 9.68. The Morgan fingerprint density at radius 1 is 0.347 bits per heavy atom. The first-order chi connectivity index (χ1) is 24.3. The highest BCUT2D eigenvalue weighted by molar-refractivity contribution is 6.26. The second kappa shape index (κ2) is 11.0. The lowest BCUT2D eigenvalue weighted by Crippen LogP contribution is -1.96. The van der Waals surface area contributed by atoms with Gasteiger partial charge in [0.05, 0.1) is 17.0 Å². The molecule has 0 unspecified atom stereocenters. The van der Waals surface area contributed by atoms with Gasteiger partial charge in [0.15, 0.2) is 5.82 Å². The van der Waals surface area contributed by atoms with E-state index >= 15 is 0 Å². The van der Waals surface area contributed by atoms with Gasteiger partial charge in [-0.05, 0) is 67.7 Å². The molecule has 0 aliphatic carbocycles. The summed E-state index contributed by atoms with van der Waals surface area (Å²) in [6, 6.07) is 59.6. The zero-order valence-corrected chi connectivity index (χ0v) is 26.5. The van der Waals surface area contributed by atoms with Crippen LogP contribution in [0.5, 0.6) is 0 Å². The molecule has 0 saturated carbocycles. The highest BCUT2D eigenvalue weighted by Gasteiger charge is 2.21. The van der Waals surface area contributed by atoms with Gasteiger partial charge >= 0.3 is 0 Å². The summed E-state index contributed by atoms with van der Waals surface area (Å²) < 4.78 is 6.73. The molecule has 10 rings (SSSR count). The van der Waals surface area contributed by atoms with Gasteiger partial charge in [0.2, 0.25) is 0 Å². The zero-order valence-electron chi connectivity index (χ0n) is 26.5. The van der Waals surface area contributed by atoms with E-state index in [0.717, 1.165) is 61.1 Å². The van der Waals surface area contributed by atoms with Crippen molar-refractivity contribution in [2.45, 2.75) is 0 Å². The number of benzene rings is 8. The van der Waals surface area contributed by atoms with Crippen molar-refractivity contribution in [3.8, 4) is 45.0 Å². The average Bonchev–Trinajstić information content (AvgIpc) is 3.58. The van der Waals surface area contributed by atoms with Gasteiger partial charge in [0.25, 0.3) is 0 Å². The fourth-order valence-corrected chi connectivity index (χ4v) is 7.40. The van der Waals surface area contributed by atoms with Crippen molar-refractivity contribution in [3.05, 3.63) is 170 Å². The highest BCUT2D eigenvalue weighted by atomic mass is 16.3.